The lowest BCUT2D eigenvalue weighted by Crippen LogP contribution is -2.53. The summed E-state index contributed by atoms with van der Waals surface area (Å²) in [6, 6.07) is 8.66. The van der Waals surface area contributed by atoms with Gasteiger partial charge in [0.25, 0.3) is 0 Å². The average Bonchev–Trinajstić information content (AvgIpc) is 3.26. The molecule has 5 heteroatoms. The van der Waals surface area contributed by atoms with Crippen molar-refractivity contribution in [3.8, 4) is 0 Å². The van der Waals surface area contributed by atoms with Crippen molar-refractivity contribution in [1.29, 1.82) is 0 Å². The lowest BCUT2D eigenvalue weighted by molar-refractivity contribution is -0.123. The standard InChI is InChI=1S/C18H23N3O2/c22-16-12-21(9-8-19-16)17(23)20-11-14-10-18(14)7-3-5-13-4-1-2-6-15(13)18/h1-2,4,6,14H,3,5,7-12H2,(H,19,22)(H,20,23). The summed E-state index contributed by atoms with van der Waals surface area (Å²) in [5, 5.41) is 5.79. The van der Waals surface area contributed by atoms with Crippen LogP contribution >= 0.6 is 0 Å². The van der Waals surface area contributed by atoms with E-state index in [1.165, 1.54) is 36.8 Å². The zero-order chi connectivity index (χ0) is 15.9. The van der Waals surface area contributed by atoms with Crippen LogP contribution in [0.1, 0.15) is 30.4 Å². The van der Waals surface area contributed by atoms with Crippen molar-refractivity contribution in [2.75, 3.05) is 26.2 Å². The Morgan fingerprint density at radius 2 is 2.26 bits per heavy atom. The maximum absolute atomic E-state index is 12.2. The first-order valence-electron chi connectivity index (χ1n) is 8.57. The van der Waals surface area contributed by atoms with Gasteiger partial charge in [0.2, 0.25) is 5.91 Å². The molecule has 1 saturated carbocycles. The molecular formula is C18H23N3O2. The Labute approximate surface area is 136 Å². The molecule has 3 aliphatic rings. The van der Waals surface area contributed by atoms with Gasteiger partial charge in [0, 0.05) is 25.0 Å². The number of piperazine rings is 1. The first-order valence-corrected chi connectivity index (χ1v) is 8.57. The van der Waals surface area contributed by atoms with Crippen LogP contribution in [0.15, 0.2) is 24.3 Å². The minimum atomic E-state index is -0.106. The van der Waals surface area contributed by atoms with Crippen LogP contribution in [-0.4, -0.2) is 43.0 Å². The summed E-state index contributed by atoms with van der Waals surface area (Å²) < 4.78 is 0. The summed E-state index contributed by atoms with van der Waals surface area (Å²) in [6.07, 6.45) is 4.83. The van der Waals surface area contributed by atoms with E-state index in [0.29, 0.717) is 31.0 Å². The number of fused-ring (bicyclic) bond motifs is 2. The van der Waals surface area contributed by atoms with E-state index >= 15 is 0 Å². The van der Waals surface area contributed by atoms with Gasteiger partial charge >= 0.3 is 6.03 Å². The average molecular weight is 313 g/mol. The molecule has 1 aliphatic heterocycles. The highest BCUT2D eigenvalue weighted by Crippen LogP contribution is 2.59. The molecule has 122 valence electrons. The van der Waals surface area contributed by atoms with Crippen LogP contribution in [0, 0.1) is 5.92 Å². The first kappa shape index (κ1) is 14.5. The second kappa shape index (κ2) is 5.55. The number of amides is 3. The predicted molar refractivity (Wildman–Crippen MR) is 87.1 cm³/mol. The van der Waals surface area contributed by atoms with Gasteiger partial charge in [-0.05, 0) is 42.7 Å². The number of nitrogens with one attached hydrogen (secondary N) is 2. The Morgan fingerprint density at radius 3 is 3.13 bits per heavy atom. The van der Waals surface area contributed by atoms with Crippen LogP contribution in [0.5, 0.6) is 0 Å². The van der Waals surface area contributed by atoms with Crippen LogP contribution in [0.25, 0.3) is 0 Å². The number of carbonyl (C=O) groups excluding carboxylic acids is 2. The molecule has 2 atom stereocenters. The molecule has 5 nitrogen and oxygen atoms in total. The molecule has 0 bridgehead atoms. The summed E-state index contributed by atoms with van der Waals surface area (Å²) >= 11 is 0. The monoisotopic (exact) mass is 313 g/mol. The summed E-state index contributed by atoms with van der Waals surface area (Å²) in [4.78, 5) is 25.2. The first-order chi connectivity index (χ1) is 11.2. The lowest BCUT2D eigenvalue weighted by atomic mass is 9.78. The van der Waals surface area contributed by atoms with Gasteiger partial charge in [0.15, 0.2) is 0 Å². The fourth-order valence-corrected chi connectivity index (χ4v) is 4.37. The molecule has 4 rings (SSSR count). The molecule has 1 aromatic carbocycles. The highest BCUT2D eigenvalue weighted by Gasteiger charge is 2.56. The van der Waals surface area contributed by atoms with Crippen LogP contribution in [-0.2, 0) is 16.6 Å². The fraction of sp³-hybridized carbons (Fsp3) is 0.556. The third kappa shape index (κ3) is 2.58. The molecule has 2 fully saturated rings. The van der Waals surface area contributed by atoms with Gasteiger partial charge in [-0.15, -0.1) is 0 Å². The summed E-state index contributed by atoms with van der Waals surface area (Å²) in [5.41, 5.74) is 3.28. The zero-order valence-corrected chi connectivity index (χ0v) is 13.3. The van der Waals surface area contributed by atoms with E-state index < -0.39 is 0 Å². The predicted octanol–water partition coefficient (Wildman–Crippen LogP) is 1.42. The van der Waals surface area contributed by atoms with E-state index in [1.54, 1.807) is 4.90 Å². The van der Waals surface area contributed by atoms with Crippen LogP contribution in [0.3, 0.4) is 0 Å². The molecule has 0 aromatic heterocycles. The van der Waals surface area contributed by atoms with Crippen LogP contribution in [0.2, 0.25) is 0 Å². The molecule has 0 radical (unpaired) electrons. The van der Waals surface area contributed by atoms with E-state index in [4.69, 9.17) is 0 Å². The number of hydrogen-bond donors (Lipinski definition) is 2. The van der Waals surface area contributed by atoms with Crippen LogP contribution in [0.4, 0.5) is 4.79 Å². The third-order valence-electron chi connectivity index (χ3n) is 5.68. The lowest BCUT2D eigenvalue weighted by Gasteiger charge is -2.28. The minimum absolute atomic E-state index is 0.0736. The quantitative estimate of drug-likeness (QED) is 0.867. The van der Waals surface area contributed by atoms with Crippen molar-refractivity contribution in [3.05, 3.63) is 35.4 Å². The van der Waals surface area contributed by atoms with Gasteiger partial charge in [-0.3, -0.25) is 4.79 Å². The van der Waals surface area contributed by atoms with Crippen LogP contribution < -0.4 is 10.6 Å². The maximum Gasteiger partial charge on any atom is 0.317 e. The number of nitrogens with zero attached hydrogens (tertiary/aromatic N) is 1. The van der Waals surface area contributed by atoms with E-state index in [9.17, 15) is 9.59 Å². The van der Waals surface area contributed by atoms with Gasteiger partial charge in [-0.1, -0.05) is 24.3 Å². The molecule has 1 aromatic rings. The van der Waals surface area contributed by atoms with Crippen molar-refractivity contribution < 1.29 is 9.59 Å². The molecule has 2 aliphatic carbocycles. The Hall–Kier alpha value is -2.04. The van der Waals surface area contributed by atoms with Gasteiger partial charge in [0.1, 0.15) is 6.54 Å². The molecule has 2 N–H and O–H groups in total. The highest BCUT2D eigenvalue weighted by molar-refractivity contribution is 5.85. The molecule has 1 spiro atoms. The Balaban J connectivity index is 1.37. The molecule has 1 saturated heterocycles. The second-order valence-electron chi connectivity index (χ2n) is 7.03. The van der Waals surface area contributed by atoms with Gasteiger partial charge in [-0.25, -0.2) is 4.79 Å². The Morgan fingerprint density at radius 1 is 1.39 bits per heavy atom. The van der Waals surface area contributed by atoms with Crippen molar-refractivity contribution in [2.45, 2.75) is 31.1 Å². The summed E-state index contributed by atoms with van der Waals surface area (Å²) in [7, 11) is 0. The number of aryl methyl sites for hydroxylation is 1. The summed E-state index contributed by atoms with van der Waals surface area (Å²) in [6.45, 7) is 2.03. The fourth-order valence-electron chi connectivity index (χ4n) is 4.37. The van der Waals surface area contributed by atoms with E-state index in [2.05, 4.69) is 34.9 Å². The highest BCUT2D eigenvalue weighted by atomic mass is 16.2. The van der Waals surface area contributed by atoms with E-state index in [0.717, 1.165) is 0 Å². The molecule has 3 amide bonds. The van der Waals surface area contributed by atoms with Crippen molar-refractivity contribution in [3.63, 3.8) is 0 Å². The van der Waals surface area contributed by atoms with Crippen molar-refractivity contribution in [1.82, 2.24) is 15.5 Å². The van der Waals surface area contributed by atoms with Gasteiger partial charge < -0.3 is 15.5 Å². The second-order valence-corrected chi connectivity index (χ2v) is 7.03. The molecule has 23 heavy (non-hydrogen) atoms. The van der Waals surface area contributed by atoms with Gasteiger partial charge in [-0.2, -0.15) is 0 Å². The maximum atomic E-state index is 12.2. The third-order valence-corrected chi connectivity index (χ3v) is 5.68. The normalized spacial score (nSPS) is 29.0. The number of benzene rings is 1. The minimum Gasteiger partial charge on any atom is -0.353 e. The zero-order valence-electron chi connectivity index (χ0n) is 13.3. The molecular weight excluding hydrogens is 290 g/mol. The summed E-state index contributed by atoms with van der Waals surface area (Å²) in [5.74, 6) is 0.460. The number of carbonyl (C=O) groups is 2. The number of hydrogen-bond acceptors (Lipinski definition) is 2. The Bertz CT molecular complexity index is 645. The van der Waals surface area contributed by atoms with Gasteiger partial charge in [0.05, 0.1) is 0 Å². The topological polar surface area (TPSA) is 61.4 Å². The Kier molecular flexibility index (Phi) is 3.51. The smallest absolute Gasteiger partial charge is 0.317 e. The molecule has 1 heterocycles. The number of rotatable bonds is 2. The molecule has 2 unspecified atom stereocenters. The van der Waals surface area contributed by atoms with Crippen molar-refractivity contribution in [2.24, 2.45) is 5.92 Å². The van der Waals surface area contributed by atoms with E-state index in [1.807, 2.05) is 0 Å². The largest absolute Gasteiger partial charge is 0.353 e. The van der Waals surface area contributed by atoms with Crippen molar-refractivity contribution >= 4 is 11.9 Å². The SMILES string of the molecule is O=C1CN(C(=O)NCC2CC23CCCc2ccccc23)CCN1. The van der Waals surface area contributed by atoms with E-state index in [-0.39, 0.29) is 18.5 Å². The number of urea groups is 1.